The van der Waals surface area contributed by atoms with E-state index in [-0.39, 0.29) is 35.4 Å². The quantitative estimate of drug-likeness (QED) is 0.671. The molecule has 2 amide bonds. The number of rotatable bonds is 5. The first kappa shape index (κ1) is 14.1. The van der Waals surface area contributed by atoms with Gasteiger partial charge in [0, 0.05) is 18.8 Å². The molecule has 1 aromatic carbocycles. The molecule has 5 N–H and O–H groups in total. The fraction of sp³-hybridized carbons (Fsp3) is 0.385. The standard InChI is InChI=1S/C13H17FN4O2/c1-18(6-12(19)17-7-2-3-7)11-4-8(13(16)20)10(15)5-9(11)14/h4-5,7H,2-3,6,15H2,1H3,(H2,16,20)(H,17,19). The zero-order valence-corrected chi connectivity index (χ0v) is 11.1. The van der Waals surface area contributed by atoms with E-state index in [1.165, 1.54) is 11.0 Å². The van der Waals surface area contributed by atoms with Crippen LogP contribution in [0.1, 0.15) is 23.2 Å². The van der Waals surface area contributed by atoms with Gasteiger partial charge in [-0.1, -0.05) is 0 Å². The second-order valence-electron chi connectivity index (χ2n) is 4.95. The van der Waals surface area contributed by atoms with E-state index in [9.17, 15) is 14.0 Å². The topological polar surface area (TPSA) is 101 Å². The molecule has 1 aliphatic rings. The first-order valence-electron chi connectivity index (χ1n) is 6.28. The number of carbonyl (C=O) groups excluding carboxylic acids is 2. The van der Waals surface area contributed by atoms with Crippen LogP contribution in [0.5, 0.6) is 0 Å². The predicted octanol–water partition coefficient (Wildman–Crippen LogP) is 0.222. The van der Waals surface area contributed by atoms with Crippen molar-refractivity contribution in [2.45, 2.75) is 18.9 Å². The lowest BCUT2D eigenvalue weighted by atomic mass is 10.1. The van der Waals surface area contributed by atoms with E-state index in [0.717, 1.165) is 18.9 Å². The Hall–Kier alpha value is -2.31. The van der Waals surface area contributed by atoms with Gasteiger partial charge in [-0.3, -0.25) is 9.59 Å². The second-order valence-corrected chi connectivity index (χ2v) is 4.95. The largest absolute Gasteiger partial charge is 0.398 e. The Morgan fingerprint density at radius 3 is 2.65 bits per heavy atom. The molecule has 0 atom stereocenters. The number of nitrogens with two attached hydrogens (primary N) is 2. The number of nitrogens with one attached hydrogen (secondary N) is 1. The average Bonchev–Trinajstić information content (AvgIpc) is 3.11. The minimum atomic E-state index is -0.736. The fourth-order valence-corrected chi connectivity index (χ4v) is 1.88. The Labute approximate surface area is 115 Å². The molecule has 0 radical (unpaired) electrons. The van der Waals surface area contributed by atoms with Gasteiger partial charge in [0.1, 0.15) is 5.82 Å². The Balaban J connectivity index is 2.15. The number of benzene rings is 1. The lowest BCUT2D eigenvalue weighted by molar-refractivity contribution is -0.119. The van der Waals surface area contributed by atoms with Crippen LogP contribution in [0.3, 0.4) is 0 Å². The van der Waals surface area contributed by atoms with Gasteiger partial charge in [-0.15, -0.1) is 0 Å². The third kappa shape index (κ3) is 3.17. The zero-order chi connectivity index (χ0) is 14.9. The fourth-order valence-electron chi connectivity index (χ4n) is 1.88. The number of nitrogen functional groups attached to an aromatic ring is 1. The second kappa shape index (κ2) is 5.36. The molecule has 2 rings (SSSR count). The first-order valence-corrected chi connectivity index (χ1v) is 6.28. The number of primary amides is 1. The van der Waals surface area contributed by atoms with Crippen molar-refractivity contribution in [3.8, 4) is 0 Å². The van der Waals surface area contributed by atoms with Gasteiger partial charge in [0.25, 0.3) is 5.91 Å². The number of amides is 2. The maximum absolute atomic E-state index is 13.9. The smallest absolute Gasteiger partial charge is 0.250 e. The Kier molecular flexibility index (Phi) is 3.78. The monoisotopic (exact) mass is 280 g/mol. The normalized spacial score (nSPS) is 13.9. The summed E-state index contributed by atoms with van der Waals surface area (Å²) in [5.74, 6) is -1.53. The Morgan fingerprint density at radius 1 is 1.45 bits per heavy atom. The van der Waals surface area contributed by atoms with Crippen molar-refractivity contribution in [3.05, 3.63) is 23.5 Å². The van der Waals surface area contributed by atoms with Gasteiger partial charge >= 0.3 is 0 Å². The summed E-state index contributed by atoms with van der Waals surface area (Å²) in [5.41, 5.74) is 10.8. The molecule has 1 aliphatic carbocycles. The molecular weight excluding hydrogens is 263 g/mol. The van der Waals surface area contributed by atoms with Crippen LogP contribution < -0.4 is 21.7 Å². The molecule has 0 aliphatic heterocycles. The number of likely N-dealkylation sites (N-methyl/N-ethyl adjacent to an activating group) is 1. The first-order chi connectivity index (χ1) is 9.38. The summed E-state index contributed by atoms with van der Waals surface area (Å²) in [6.45, 7) is -0.00442. The van der Waals surface area contributed by atoms with E-state index >= 15 is 0 Å². The minimum absolute atomic E-state index is 0.00442. The molecular formula is C13H17FN4O2. The molecule has 0 aromatic heterocycles. The van der Waals surface area contributed by atoms with Gasteiger partial charge < -0.3 is 21.7 Å². The van der Waals surface area contributed by atoms with Crippen molar-refractivity contribution >= 4 is 23.2 Å². The molecule has 1 aromatic rings. The number of hydrogen-bond donors (Lipinski definition) is 3. The van der Waals surface area contributed by atoms with Crippen molar-refractivity contribution in [1.82, 2.24) is 5.32 Å². The van der Waals surface area contributed by atoms with Crippen LogP contribution in [-0.4, -0.2) is 31.4 Å². The summed E-state index contributed by atoms with van der Waals surface area (Å²) in [6.07, 6.45) is 1.97. The van der Waals surface area contributed by atoms with Crippen LogP contribution in [0, 0.1) is 5.82 Å². The number of halogens is 1. The molecule has 1 fully saturated rings. The van der Waals surface area contributed by atoms with E-state index in [1.807, 2.05) is 0 Å². The van der Waals surface area contributed by atoms with E-state index in [4.69, 9.17) is 11.5 Å². The molecule has 0 spiro atoms. The summed E-state index contributed by atoms with van der Waals surface area (Å²) in [5, 5.41) is 2.80. The number of carbonyl (C=O) groups is 2. The van der Waals surface area contributed by atoms with Crippen molar-refractivity contribution in [2.75, 3.05) is 24.2 Å². The molecule has 0 heterocycles. The van der Waals surface area contributed by atoms with Gasteiger partial charge in [0.05, 0.1) is 17.8 Å². The van der Waals surface area contributed by atoms with Crippen LogP contribution in [0.2, 0.25) is 0 Å². The molecule has 7 heteroatoms. The summed E-state index contributed by atoms with van der Waals surface area (Å²) < 4.78 is 13.9. The Morgan fingerprint density at radius 2 is 2.10 bits per heavy atom. The van der Waals surface area contributed by atoms with Crippen molar-refractivity contribution < 1.29 is 14.0 Å². The summed E-state index contributed by atoms with van der Waals surface area (Å²) >= 11 is 0. The molecule has 6 nitrogen and oxygen atoms in total. The predicted molar refractivity (Wildman–Crippen MR) is 73.8 cm³/mol. The summed E-state index contributed by atoms with van der Waals surface area (Å²) in [4.78, 5) is 24.3. The van der Waals surface area contributed by atoms with Gasteiger partial charge in [-0.2, -0.15) is 0 Å². The van der Waals surface area contributed by atoms with E-state index < -0.39 is 11.7 Å². The third-order valence-electron chi connectivity index (χ3n) is 3.12. The van der Waals surface area contributed by atoms with Crippen molar-refractivity contribution in [2.24, 2.45) is 5.73 Å². The third-order valence-corrected chi connectivity index (χ3v) is 3.12. The van der Waals surface area contributed by atoms with Crippen LogP contribution in [0.25, 0.3) is 0 Å². The molecule has 108 valence electrons. The lowest BCUT2D eigenvalue weighted by Gasteiger charge is -2.20. The minimum Gasteiger partial charge on any atom is -0.398 e. The summed E-state index contributed by atoms with van der Waals surface area (Å²) in [7, 11) is 1.56. The van der Waals surface area contributed by atoms with Crippen molar-refractivity contribution in [1.29, 1.82) is 0 Å². The highest BCUT2D eigenvalue weighted by Crippen LogP contribution is 2.24. The van der Waals surface area contributed by atoms with Gasteiger partial charge in [-0.05, 0) is 25.0 Å². The highest BCUT2D eigenvalue weighted by atomic mass is 19.1. The number of anilines is 2. The maximum atomic E-state index is 13.9. The molecule has 0 bridgehead atoms. The zero-order valence-electron chi connectivity index (χ0n) is 11.1. The number of hydrogen-bond acceptors (Lipinski definition) is 4. The highest BCUT2D eigenvalue weighted by molar-refractivity contribution is 5.99. The average molecular weight is 280 g/mol. The Bertz CT molecular complexity index is 558. The lowest BCUT2D eigenvalue weighted by Crippen LogP contribution is -2.36. The van der Waals surface area contributed by atoms with Crippen LogP contribution >= 0.6 is 0 Å². The van der Waals surface area contributed by atoms with Crippen molar-refractivity contribution in [3.63, 3.8) is 0 Å². The molecule has 1 saturated carbocycles. The number of nitrogens with zero attached hydrogens (tertiary/aromatic N) is 1. The van der Waals surface area contributed by atoms with Gasteiger partial charge in [-0.25, -0.2) is 4.39 Å². The highest BCUT2D eigenvalue weighted by Gasteiger charge is 2.24. The van der Waals surface area contributed by atoms with E-state index in [1.54, 1.807) is 7.05 Å². The molecule has 0 unspecified atom stereocenters. The van der Waals surface area contributed by atoms with Crippen LogP contribution in [-0.2, 0) is 4.79 Å². The van der Waals surface area contributed by atoms with Crippen LogP contribution in [0.4, 0.5) is 15.8 Å². The van der Waals surface area contributed by atoms with Crippen LogP contribution in [0.15, 0.2) is 12.1 Å². The van der Waals surface area contributed by atoms with Gasteiger partial charge in [0.15, 0.2) is 0 Å². The van der Waals surface area contributed by atoms with E-state index in [0.29, 0.717) is 0 Å². The molecule has 20 heavy (non-hydrogen) atoms. The van der Waals surface area contributed by atoms with E-state index in [2.05, 4.69) is 5.32 Å². The summed E-state index contributed by atoms with van der Waals surface area (Å²) in [6, 6.07) is 2.54. The molecule has 0 saturated heterocycles. The van der Waals surface area contributed by atoms with Gasteiger partial charge in [0.2, 0.25) is 5.91 Å². The SMILES string of the molecule is CN(CC(=O)NC1CC1)c1cc(C(N)=O)c(N)cc1F. The maximum Gasteiger partial charge on any atom is 0.250 e.